The predicted molar refractivity (Wildman–Crippen MR) is 186 cm³/mol. The van der Waals surface area contributed by atoms with Gasteiger partial charge in [-0.15, -0.1) is 0 Å². The van der Waals surface area contributed by atoms with Gasteiger partial charge in [0.2, 0.25) is 11.7 Å². The second-order valence-electron chi connectivity index (χ2n) is 11.6. The molecule has 0 unspecified atom stereocenters. The van der Waals surface area contributed by atoms with Gasteiger partial charge in [0, 0.05) is 35.6 Å². The van der Waals surface area contributed by atoms with Gasteiger partial charge in [-0.3, -0.25) is 4.79 Å². The van der Waals surface area contributed by atoms with Gasteiger partial charge in [0.15, 0.2) is 5.69 Å². The quantitative estimate of drug-likeness (QED) is 0.0793. The number of likely N-dealkylation sites (N-methyl/N-ethyl adjacent to an activating group) is 1. The molecular weight excluding hydrogens is 737 g/mol. The molecule has 1 amide bonds. The molecule has 5 aromatic rings. The molecule has 16 heteroatoms. The third kappa shape index (κ3) is 9.50. The highest BCUT2D eigenvalue weighted by Crippen LogP contribution is 2.31. The van der Waals surface area contributed by atoms with Gasteiger partial charge < -0.3 is 51.5 Å². The zero-order valence-corrected chi connectivity index (χ0v) is 30.3. The van der Waals surface area contributed by atoms with E-state index in [1.165, 1.54) is 12.4 Å². The Hall–Kier alpha value is -4.63. The average Bonchev–Trinajstić information content (AvgIpc) is 3.35. The fourth-order valence-corrected chi connectivity index (χ4v) is 5.48. The number of carbonyl (C=O) groups is 1. The van der Waals surface area contributed by atoms with E-state index in [9.17, 15) is 14.9 Å². The molecule has 3 aromatic heterocycles. The van der Waals surface area contributed by atoms with E-state index in [2.05, 4.69) is 30.6 Å². The molecule has 5 rings (SSSR count). The number of hydrogen-bond acceptors (Lipinski definition) is 9. The monoisotopic (exact) mass is 769 g/mol. The molecule has 0 atom stereocenters. The van der Waals surface area contributed by atoms with E-state index in [0.29, 0.717) is 86.1 Å². The number of nitrogens with one attached hydrogen (secondary N) is 2. The lowest BCUT2D eigenvalue weighted by atomic mass is 10.2. The molecule has 0 aliphatic carbocycles. The molecule has 2 aromatic carbocycles. The van der Waals surface area contributed by atoms with Crippen LogP contribution >= 0.6 is 23.2 Å². The number of fused-ring (bicyclic) bond motifs is 1. The Morgan fingerprint density at radius 2 is 1.92 bits per heavy atom. The molecule has 0 saturated heterocycles. The molecule has 49 heavy (non-hydrogen) atoms. The standard InChI is InChI=1S/C33H33Cl2N9O4.BrH/c1-5-30-41-33(43(46)47)27(42(30)2)18-44(3,4)13-7-10-31(45)40-29-16-24-26(17-36-29)37-20-38-32(24)39-23-11-12-28(25(35)15-23)48-19-21-8-6-9-22(34)14-21;/h6-12,14-17,20H,5,13,18-19H2,1-4H3,(H-,36,37,38,39,40,45);1H/b10-7+;. The zero-order chi connectivity index (χ0) is 34.4. The van der Waals surface area contributed by atoms with E-state index in [0.717, 1.165) is 5.56 Å². The summed E-state index contributed by atoms with van der Waals surface area (Å²) in [5, 5.41) is 19.3. The number of carbonyl (C=O) groups excluding carboxylic acids is 1. The third-order valence-electron chi connectivity index (χ3n) is 7.47. The smallest absolute Gasteiger partial charge is 0.391 e. The van der Waals surface area contributed by atoms with Crippen molar-refractivity contribution >= 4 is 63.2 Å². The number of benzene rings is 2. The second-order valence-corrected chi connectivity index (χ2v) is 12.5. The Morgan fingerprint density at radius 3 is 2.63 bits per heavy atom. The van der Waals surface area contributed by atoms with Crippen LogP contribution in [0, 0.1) is 10.1 Å². The highest BCUT2D eigenvalue weighted by atomic mass is 79.9. The zero-order valence-electron chi connectivity index (χ0n) is 27.2. The predicted octanol–water partition coefficient (Wildman–Crippen LogP) is 3.63. The van der Waals surface area contributed by atoms with E-state index in [1.54, 1.807) is 48.2 Å². The summed E-state index contributed by atoms with van der Waals surface area (Å²) >= 11 is 12.6. The van der Waals surface area contributed by atoms with Crippen LogP contribution in [0.2, 0.25) is 10.0 Å². The number of rotatable bonds is 13. The van der Waals surface area contributed by atoms with Crippen LogP contribution < -0.4 is 32.4 Å². The number of amides is 1. The van der Waals surface area contributed by atoms with Gasteiger partial charge in [-0.1, -0.05) is 42.3 Å². The van der Waals surface area contributed by atoms with Crippen LogP contribution in [0.4, 0.5) is 23.1 Å². The second kappa shape index (κ2) is 16.2. The lowest BCUT2D eigenvalue weighted by Crippen LogP contribution is -3.00. The maximum atomic E-state index is 12.8. The topological polar surface area (TPSA) is 150 Å². The van der Waals surface area contributed by atoms with Gasteiger partial charge in [0.25, 0.3) is 0 Å². The lowest BCUT2D eigenvalue weighted by molar-refractivity contribution is -0.898. The number of halogens is 3. The molecular formula is C33H34BrCl2N9O4. The average molecular weight is 772 g/mol. The Morgan fingerprint density at radius 1 is 1.12 bits per heavy atom. The summed E-state index contributed by atoms with van der Waals surface area (Å²) in [6.45, 7) is 3.02. The number of nitro groups is 1. The number of quaternary nitrogens is 1. The van der Waals surface area contributed by atoms with Crippen molar-refractivity contribution in [3.8, 4) is 5.75 Å². The summed E-state index contributed by atoms with van der Waals surface area (Å²) in [4.78, 5) is 41.1. The van der Waals surface area contributed by atoms with Crippen molar-refractivity contribution in [1.82, 2.24) is 24.5 Å². The number of pyridine rings is 1. The van der Waals surface area contributed by atoms with Gasteiger partial charge in [-0.2, -0.15) is 0 Å². The van der Waals surface area contributed by atoms with Crippen LogP contribution in [-0.2, 0) is 31.4 Å². The first-order valence-corrected chi connectivity index (χ1v) is 15.7. The minimum atomic E-state index is -0.453. The van der Waals surface area contributed by atoms with Crippen LogP contribution in [0.25, 0.3) is 10.9 Å². The first kappa shape index (κ1) is 37.2. The minimum Gasteiger partial charge on any atom is -1.00 e. The van der Waals surface area contributed by atoms with Gasteiger partial charge in [0.1, 0.15) is 36.9 Å². The van der Waals surface area contributed by atoms with Crippen molar-refractivity contribution in [2.24, 2.45) is 7.05 Å². The normalized spacial score (nSPS) is 11.4. The first-order chi connectivity index (χ1) is 22.9. The fraction of sp³-hybridized carbons (Fsp3) is 0.242. The summed E-state index contributed by atoms with van der Waals surface area (Å²) < 4.78 is 8.02. The Bertz CT molecular complexity index is 2020. The Labute approximate surface area is 303 Å². The Kier molecular flexibility index (Phi) is 12.3. The molecule has 0 radical (unpaired) electrons. The summed E-state index contributed by atoms with van der Waals surface area (Å²) in [5.41, 5.74) is 2.70. The number of aryl methyl sites for hydroxylation is 1. The molecule has 0 spiro atoms. The van der Waals surface area contributed by atoms with Crippen molar-refractivity contribution in [3.63, 3.8) is 0 Å². The van der Waals surface area contributed by atoms with Crippen molar-refractivity contribution in [2.75, 3.05) is 31.3 Å². The summed E-state index contributed by atoms with van der Waals surface area (Å²) in [6, 6.07) is 14.4. The highest BCUT2D eigenvalue weighted by Gasteiger charge is 2.30. The number of imidazole rings is 1. The first-order valence-electron chi connectivity index (χ1n) is 15.0. The number of ether oxygens (including phenoxy) is 1. The molecule has 3 heterocycles. The molecule has 256 valence electrons. The molecule has 0 aliphatic heterocycles. The van der Waals surface area contributed by atoms with Gasteiger partial charge >= 0.3 is 5.82 Å². The molecule has 2 N–H and O–H groups in total. The van der Waals surface area contributed by atoms with Gasteiger partial charge in [0.05, 0.1) is 37.4 Å². The van der Waals surface area contributed by atoms with E-state index in [4.69, 9.17) is 27.9 Å². The van der Waals surface area contributed by atoms with Crippen LogP contribution in [0.5, 0.6) is 5.75 Å². The van der Waals surface area contributed by atoms with Crippen LogP contribution in [0.3, 0.4) is 0 Å². The van der Waals surface area contributed by atoms with E-state index >= 15 is 0 Å². The SMILES string of the molecule is CCc1nc([N+](=O)[O-])c(C[N+](C)(C)C/C=C/C(=O)Nc2cc3c(Nc4ccc(OCc5cccc(Cl)c5)c(Cl)c4)ncnc3cn2)n1C.[Br-]. The summed E-state index contributed by atoms with van der Waals surface area (Å²) in [7, 11) is 5.64. The molecule has 0 bridgehead atoms. The molecule has 0 fully saturated rings. The van der Waals surface area contributed by atoms with E-state index in [1.807, 2.05) is 45.3 Å². The Balaban J connectivity index is 0.00000541. The summed E-state index contributed by atoms with van der Waals surface area (Å²) in [6.07, 6.45) is 6.69. The van der Waals surface area contributed by atoms with Crippen LogP contribution in [0.1, 0.15) is 24.0 Å². The third-order valence-corrected chi connectivity index (χ3v) is 8.00. The number of hydrogen-bond donors (Lipinski definition) is 2. The van der Waals surface area contributed by atoms with Crippen molar-refractivity contribution in [3.05, 3.63) is 110 Å². The number of aromatic nitrogens is 5. The maximum absolute atomic E-state index is 12.8. The van der Waals surface area contributed by atoms with Crippen molar-refractivity contribution in [2.45, 2.75) is 26.5 Å². The van der Waals surface area contributed by atoms with E-state index < -0.39 is 4.92 Å². The number of nitrogens with zero attached hydrogens (tertiary/aromatic N) is 7. The number of anilines is 3. The van der Waals surface area contributed by atoms with Crippen LogP contribution in [0.15, 0.2) is 73.2 Å². The van der Waals surface area contributed by atoms with E-state index in [-0.39, 0.29) is 28.7 Å². The molecule has 0 aliphatic rings. The molecule has 0 saturated carbocycles. The van der Waals surface area contributed by atoms with Crippen molar-refractivity contribution in [1.29, 1.82) is 0 Å². The highest BCUT2D eigenvalue weighted by molar-refractivity contribution is 6.32. The van der Waals surface area contributed by atoms with Gasteiger partial charge in [-0.05, 0) is 57.9 Å². The molecule has 13 nitrogen and oxygen atoms in total. The van der Waals surface area contributed by atoms with Gasteiger partial charge in [-0.25, -0.2) is 15.0 Å². The lowest BCUT2D eigenvalue weighted by Gasteiger charge is -2.28. The van der Waals surface area contributed by atoms with Crippen LogP contribution in [-0.4, -0.2) is 60.5 Å². The largest absolute Gasteiger partial charge is 1.00 e. The maximum Gasteiger partial charge on any atom is 0.391 e. The summed E-state index contributed by atoms with van der Waals surface area (Å²) in [5.74, 6) is 1.45. The fourth-order valence-electron chi connectivity index (χ4n) is 5.04. The van der Waals surface area contributed by atoms with Crippen molar-refractivity contribution < 1.29 is 35.9 Å². The minimum absolute atomic E-state index is 0.